The van der Waals surface area contributed by atoms with Crippen LogP contribution < -0.4 is 4.74 Å². The molecule has 3 heteroatoms. The topological polar surface area (TPSA) is 9.23 Å². The molecule has 0 saturated heterocycles. The summed E-state index contributed by atoms with van der Waals surface area (Å²) < 4.78 is 6.25. The van der Waals surface area contributed by atoms with Crippen LogP contribution in [0.15, 0.2) is 22.7 Å². The van der Waals surface area contributed by atoms with E-state index in [1.807, 2.05) is 12.1 Å². The number of halogens is 2. The fourth-order valence-corrected chi connectivity index (χ4v) is 2.91. The van der Waals surface area contributed by atoms with Gasteiger partial charge in [-0.3, -0.25) is 0 Å². The molecule has 0 heterocycles. The van der Waals surface area contributed by atoms with Crippen LogP contribution in [0, 0.1) is 0 Å². The molecule has 0 aliphatic heterocycles. The van der Waals surface area contributed by atoms with Gasteiger partial charge in [0.05, 0.1) is 7.11 Å². The molecule has 0 bridgehead atoms. The van der Waals surface area contributed by atoms with Gasteiger partial charge in [0.2, 0.25) is 0 Å². The normalized spacial score (nSPS) is 11.5. The lowest BCUT2D eigenvalue weighted by Gasteiger charge is -2.25. The van der Waals surface area contributed by atoms with Gasteiger partial charge in [-0.05, 0) is 29.5 Å². The molecule has 0 aromatic heterocycles. The Labute approximate surface area is 105 Å². The highest BCUT2D eigenvalue weighted by Crippen LogP contribution is 2.35. The molecule has 0 fully saturated rings. The Balaban J connectivity index is 3.04. The third-order valence-electron chi connectivity index (χ3n) is 2.62. The van der Waals surface area contributed by atoms with Crippen LogP contribution in [-0.4, -0.2) is 13.0 Å². The fraction of sp³-hybridized carbons (Fsp3) is 0.500. The zero-order chi connectivity index (χ0) is 11.5. The van der Waals surface area contributed by atoms with Crippen molar-refractivity contribution in [1.29, 1.82) is 0 Å². The molecule has 0 saturated carbocycles. The van der Waals surface area contributed by atoms with E-state index in [9.17, 15) is 0 Å². The molecular weight excluding hydrogens is 275 g/mol. The minimum atomic E-state index is 0.0901. The maximum absolute atomic E-state index is 5.81. The molecule has 0 atom stereocenters. The van der Waals surface area contributed by atoms with Crippen molar-refractivity contribution in [3.05, 3.63) is 28.2 Å². The van der Waals surface area contributed by atoms with Crippen LogP contribution in [0.2, 0.25) is 0 Å². The van der Waals surface area contributed by atoms with Gasteiger partial charge in [0, 0.05) is 10.4 Å². The lowest BCUT2D eigenvalue weighted by atomic mass is 9.82. The van der Waals surface area contributed by atoms with E-state index in [1.165, 1.54) is 5.56 Å². The largest absolute Gasteiger partial charge is 0.497 e. The third kappa shape index (κ3) is 3.12. The second kappa shape index (κ2) is 5.22. The SMILES string of the molecule is COc1ccc(C(C)(C)CCCl)c(Br)c1. The third-order valence-corrected chi connectivity index (χ3v) is 3.47. The van der Waals surface area contributed by atoms with Crippen LogP contribution in [0.25, 0.3) is 0 Å². The quantitative estimate of drug-likeness (QED) is 0.749. The molecule has 15 heavy (non-hydrogen) atoms. The summed E-state index contributed by atoms with van der Waals surface area (Å²) in [5.41, 5.74) is 1.36. The van der Waals surface area contributed by atoms with Crippen molar-refractivity contribution in [3.63, 3.8) is 0 Å². The van der Waals surface area contributed by atoms with Crippen molar-refractivity contribution in [1.82, 2.24) is 0 Å². The highest BCUT2D eigenvalue weighted by molar-refractivity contribution is 9.10. The second-order valence-corrected chi connectivity index (χ2v) is 5.40. The molecule has 1 aromatic carbocycles. The maximum Gasteiger partial charge on any atom is 0.120 e. The van der Waals surface area contributed by atoms with E-state index in [4.69, 9.17) is 16.3 Å². The zero-order valence-corrected chi connectivity index (χ0v) is 11.7. The molecule has 1 nitrogen and oxygen atoms in total. The Morgan fingerprint density at radius 1 is 1.40 bits per heavy atom. The first-order valence-electron chi connectivity index (χ1n) is 4.91. The second-order valence-electron chi connectivity index (χ2n) is 4.17. The number of alkyl halides is 1. The minimum absolute atomic E-state index is 0.0901. The average molecular weight is 292 g/mol. The highest BCUT2D eigenvalue weighted by atomic mass is 79.9. The summed E-state index contributed by atoms with van der Waals surface area (Å²) >= 11 is 9.38. The van der Waals surface area contributed by atoms with E-state index in [0.29, 0.717) is 5.88 Å². The minimum Gasteiger partial charge on any atom is -0.497 e. The number of hydrogen-bond acceptors (Lipinski definition) is 1. The summed E-state index contributed by atoms with van der Waals surface area (Å²) in [5, 5.41) is 0. The van der Waals surface area contributed by atoms with Gasteiger partial charge in [0.15, 0.2) is 0 Å². The van der Waals surface area contributed by atoms with Crippen molar-refractivity contribution < 1.29 is 4.74 Å². The summed E-state index contributed by atoms with van der Waals surface area (Å²) in [6, 6.07) is 6.07. The van der Waals surface area contributed by atoms with Gasteiger partial charge >= 0.3 is 0 Å². The molecule has 0 aliphatic carbocycles. The van der Waals surface area contributed by atoms with Crippen LogP contribution in [0.1, 0.15) is 25.8 Å². The molecule has 0 aliphatic rings. The molecule has 0 N–H and O–H groups in total. The molecular formula is C12H16BrClO. The summed E-state index contributed by atoms with van der Waals surface area (Å²) in [6.45, 7) is 4.39. The highest BCUT2D eigenvalue weighted by Gasteiger charge is 2.22. The van der Waals surface area contributed by atoms with E-state index in [2.05, 4.69) is 35.8 Å². The van der Waals surface area contributed by atoms with Crippen LogP contribution in [0.3, 0.4) is 0 Å². The summed E-state index contributed by atoms with van der Waals surface area (Å²) in [5.74, 6) is 1.54. The van der Waals surface area contributed by atoms with E-state index >= 15 is 0 Å². The van der Waals surface area contributed by atoms with Crippen molar-refractivity contribution in [2.45, 2.75) is 25.7 Å². The molecule has 1 aromatic rings. The van der Waals surface area contributed by atoms with Crippen molar-refractivity contribution in [2.75, 3.05) is 13.0 Å². The molecule has 1 rings (SSSR count). The van der Waals surface area contributed by atoms with Gasteiger partial charge in [0.25, 0.3) is 0 Å². The molecule has 84 valence electrons. The Morgan fingerprint density at radius 3 is 2.53 bits per heavy atom. The number of ether oxygens (including phenoxy) is 1. The van der Waals surface area contributed by atoms with Crippen molar-refractivity contribution in [2.24, 2.45) is 0 Å². The van der Waals surface area contributed by atoms with Gasteiger partial charge in [-0.1, -0.05) is 35.8 Å². The molecule has 0 amide bonds. The number of benzene rings is 1. The van der Waals surface area contributed by atoms with Crippen molar-refractivity contribution in [3.8, 4) is 5.75 Å². The first-order chi connectivity index (χ1) is 7.01. The summed E-state index contributed by atoms with van der Waals surface area (Å²) in [4.78, 5) is 0. The smallest absolute Gasteiger partial charge is 0.120 e. The molecule has 0 radical (unpaired) electrons. The van der Waals surface area contributed by atoms with Gasteiger partial charge < -0.3 is 4.74 Å². The van der Waals surface area contributed by atoms with Crippen LogP contribution in [0.4, 0.5) is 0 Å². The van der Waals surface area contributed by atoms with Gasteiger partial charge in [-0.25, -0.2) is 0 Å². The van der Waals surface area contributed by atoms with Gasteiger partial charge in [-0.15, -0.1) is 11.6 Å². The zero-order valence-electron chi connectivity index (χ0n) is 9.31. The number of methoxy groups -OCH3 is 1. The van der Waals surface area contributed by atoms with Crippen molar-refractivity contribution >= 4 is 27.5 Å². The molecule has 0 unspecified atom stereocenters. The Morgan fingerprint density at radius 2 is 2.07 bits per heavy atom. The van der Waals surface area contributed by atoms with E-state index < -0.39 is 0 Å². The monoisotopic (exact) mass is 290 g/mol. The van der Waals surface area contributed by atoms with Gasteiger partial charge in [-0.2, -0.15) is 0 Å². The van der Waals surface area contributed by atoms with Crippen LogP contribution in [-0.2, 0) is 5.41 Å². The fourth-order valence-electron chi connectivity index (χ4n) is 1.54. The van der Waals surface area contributed by atoms with E-state index in [-0.39, 0.29) is 5.41 Å². The number of rotatable bonds is 4. The average Bonchev–Trinajstić information content (AvgIpc) is 2.17. The Hall–Kier alpha value is -0.210. The first kappa shape index (κ1) is 12.9. The van der Waals surface area contributed by atoms with Gasteiger partial charge in [0.1, 0.15) is 5.75 Å². The standard InChI is InChI=1S/C12H16BrClO/c1-12(2,6-7-14)10-5-4-9(15-3)8-11(10)13/h4-5,8H,6-7H2,1-3H3. The summed E-state index contributed by atoms with van der Waals surface area (Å²) in [7, 11) is 1.67. The predicted octanol–water partition coefficient (Wildman–Crippen LogP) is 4.36. The number of hydrogen-bond donors (Lipinski definition) is 0. The lowest BCUT2D eigenvalue weighted by molar-refractivity contribution is 0.413. The van der Waals surface area contributed by atoms with Crippen LogP contribution >= 0.6 is 27.5 Å². The summed E-state index contributed by atoms with van der Waals surface area (Å²) in [6.07, 6.45) is 0.958. The first-order valence-corrected chi connectivity index (χ1v) is 6.24. The van der Waals surface area contributed by atoms with E-state index in [0.717, 1.165) is 16.6 Å². The Kier molecular flexibility index (Phi) is 4.47. The maximum atomic E-state index is 5.81. The predicted molar refractivity (Wildman–Crippen MR) is 69.1 cm³/mol. The van der Waals surface area contributed by atoms with Crippen LogP contribution in [0.5, 0.6) is 5.75 Å². The lowest BCUT2D eigenvalue weighted by Crippen LogP contribution is -2.18. The molecule has 0 spiro atoms. The Bertz CT molecular complexity index is 336. The van der Waals surface area contributed by atoms with E-state index in [1.54, 1.807) is 7.11 Å².